The monoisotopic (exact) mass is 358 g/mol. The van der Waals surface area contributed by atoms with E-state index in [2.05, 4.69) is 33.2 Å². The van der Waals surface area contributed by atoms with Gasteiger partial charge >= 0.3 is 0 Å². The number of carbonyl (C=O) groups excluding carboxylic acids is 2. The Hall–Kier alpha value is -1.95. The van der Waals surface area contributed by atoms with Crippen LogP contribution in [-0.2, 0) is 9.59 Å². The largest absolute Gasteiger partial charge is 0.354 e. The molecule has 5 nitrogen and oxygen atoms in total. The van der Waals surface area contributed by atoms with Crippen LogP contribution in [0.5, 0.6) is 0 Å². The molecule has 110 valence electrons. The molecule has 3 aliphatic rings. The van der Waals surface area contributed by atoms with Crippen LogP contribution in [0.25, 0.3) is 11.0 Å². The zero-order valence-electron chi connectivity index (χ0n) is 11.4. The second kappa shape index (κ2) is 4.07. The maximum Gasteiger partial charge on any atom is 0.239 e. The Morgan fingerprint density at radius 2 is 1.82 bits per heavy atom. The topological polar surface area (TPSA) is 63.4 Å². The minimum atomic E-state index is -0.218. The normalized spacial score (nSPS) is 32.5. The summed E-state index contributed by atoms with van der Waals surface area (Å²) >= 11 is 3.37. The lowest BCUT2D eigenvalue weighted by Crippen LogP contribution is -2.33. The molecule has 1 saturated carbocycles. The zero-order valence-corrected chi connectivity index (χ0v) is 13.0. The van der Waals surface area contributed by atoms with Gasteiger partial charge in [-0.15, -0.1) is 0 Å². The van der Waals surface area contributed by atoms with E-state index in [1.807, 2.05) is 12.1 Å². The van der Waals surface area contributed by atoms with Crippen LogP contribution in [-0.4, -0.2) is 17.0 Å². The first-order valence-corrected chi connectivity index (χ1v) is 8.05. The maximum atomic E-state index is 12.8. The SMILES string of the molecule is O=C1C2C3C=CC(C3)C2C(=O)N1c1noc2cc(Br)ccc12. The predicted molar refractivity (Wildman–Crippen MR) is 81.9 cm³/mol. The Morgan fingerprint density at radius 1 is 1.14 bits per heavy atom. The third kappa shape index (κ3) is 1.41. The Balaban J connectivity index is 1.64. The molecule has 1 aromatic carbocycles. The molecule has 2 bridgehead atoms. The van der Waals surface area contributed by atoms with Crippen molar-refractivity contribution in [3.63, 3.8) is 0 Å². The van der Waals surface area contributed by atoms with Crippen LogP contribution in [0, 0.1) is 23.7 Å². The van der Waals surface area contributed by atoms with Gasteiger partial charge in [0.2, 0.25) is 11.8 Å². The minimum absolute atomic E-state index is 0.134. The van der Waals surface area contributed by atoms with Crippen molar-refractivity contribution in [2.75, 3.05) is 4.90 Å². The van der Waals surface area contributed by atoms with E-state index in [9.17, 15) is 9.59 Å². The number of halogens is 1. The van der Waals surface area contributed by atoms with Gasteiger partial charge < -0.3 is 4.52 Å². The van der Waals surface area contributed by atoms with Gasteiger partial charge in [0.25, 0.3) is 0 Å². The lowest BCUT2D eigenvalue weighted by atomic mass is 9.85. The highest BCUT2D eigenvalue weighted by Gasteiger charge is 2.60. The summed E-state index contributed by atoms with van der Waals surface area (Å²) in [6.45, 7) is 0. The summed E-state index contributed by atoms with van der Waals surface area (Å²) in [5.74, 6) is 0.0168. The van der Waals surface area contributed by atoms with Gasteiger partial charge in [0.15, 0.2) is 11.4 Å². The molecule has 1 aromatic heterocycles. The predicted octanol–water partition coefficient (Wildman–Crippen LogP) is 2.90. The van der Waals surface area contributed by atoms with Crippen LogP contribution in [0.4, 0.5) is 5.82 Å². The smallest absolute Gasteiger partial charge is 0.239 e. The molecule has 1 saturated heterocycles. The summed E-state index contributed by atoms with van der Waals surface area (Å²) in [6.07, 6.45) is 5.09. The lowest BCUT2D eigenvalue weighted by molar-refractivity contribution is -0.123. The number of rotatable bonds is 1. The Morgan fingerprint density at radius 3 is 2.50 bits per heavy atom. The quantitative estimate of drug-likeness (QED) is 0.580. The number of benzene rings is 1. The third-order valence-corrected chi connectivity index (χ3v) is 5.59. The first kappa shape index (κ1) is 12.6. The number of amides is 2. The van der Waals surface area contributed by atoms with Gasteiger partial charge in [0.1, 0.15) is 0 Å². The number of nitrogens with zero attached hydrogens (tertiary/aromatic N) is 2. The van der Waals surface area contributed by atoms with E-state index in [1.165, 1.54) is 4.90 Å². The average molecular weight is 359 g/mol. The fourth-order valence-electron chi connectivity index (χ4n) is 4.17. The molecule has 2 amide bonds. The highest BCUT2D eigenvalue weighted by molar-refractivity contribution is 9.10. The molecule has 6 heteroatoms. The van der Waals surface area contributed by atoms with E-state index in [0.29, 0.717) is 16.8 Å². The molecule has 5 rings (SSSR count). The van der Waals surface area contributed by atoms with Gasteiger partial charge in [-0.3, -0.25) is 9.59 Å². The van der Waals surface area contributed by atoms with Gasteiger partial charge in [-0.05, 0) is 36.5 Å². The third-order valence-electron chi connectivity index (χ3n) is 5.10. The van der Waals surface area contributed by atoms with E-state index in [-0.39, 0.29) is 35.5 Å². The molecule has 2 aliphatic carbocycles. The van der Waals surface area contributed by atoms with Gasteiger partial charge in [-0.25, -0.2) is 4.90 Å². The average Bonchev–Trinajstić information content (AvgIpc) is 3.23. The van der Waals surface area contributed by atoms with Crippen molar-refractivity contribution < 1.29 is 14.1 Å². The molecule has 0 N–H and O–H groups in total. The molecular formula is C16H11BrN2O3. The summed E-state index contributed by atoms with van der Waals surface area (Å²) in [6, 6.07) is 5.44. The van der Waals surface area contributed by atoms with Gasteiger partial charge in [0, 0.05) is 4.47 Å². The van der Waals surface area contributed by atoms with Crippen molar-refractivity contribution in [2.45, 2.75) is 6.42 Å². The maximum absolute atomic E-state index is 12.8. The zero-order chi connectivity index (χ0) is 15.0. The summed E-state index contributed by atoms with van der Waals surface area (Å²) in [5.41, 5.74) is 0.558. The van der Waals surface area contributed by atoms with Gasteiger partial charge in [-0.1, -0.05) is 33.2 Å². The summed E-state index contributed by atoms with van der Waals surface area (Å²) in [5, 5.41) is 4.67. The minimum Gasteiger partial charge on any atom is -0.354 e. The van der Waals surface area contributed by atoms with Crippen LogP contribution in [0.3, 0.4) is 0 Å². The second-order valence-electron chi connectivity index (χ2n) is 6.16. The van der Waals surface area contributed by atoms with Crippen molar-refractivity contribution in [2.24, 2.45) is 23.7 Å². The molecule has 0 spiro atoms. The molecule has 2 fully saturated rings. The summed E-state index contributed by atoms with van der Waals surface area (Å²) in [4.78, 5) is 26.8. The second-order valence-corrected chi connectivity index (χ2v) is 7.07. The van der Waals surface area contributed by atoms with E-state index < -0.39 is 0 Å². The van der Waals surface area contributed by atoms with E-state index >= 15 is 0 Å². The standard InChI is InChI=1S/C16H11BrN2O3/c17-9-3-4-10-11(6-9)22-18-14(10)19-15(20)12-7-1-2-8(5-7)13(12)16(19)21/h1-4,6-8,12-13H,5H2. The number of anilines is 1. The number of aromatic nitrogens is 1. The van der Waals surface area contributed by atoms with Gasteiger partial charge in [0.05, 0.1) is 17.2 Å². The van der Waals surface area contributed by atoms with Gasteiger partial charge in [-0.2, -0.15) is 0 Å². The molecule has 2 aromatic rings. The lowest BCUT2D eigenvalue weighted by Gasteiger charge is -2.14. The van der Waals surface area contributed by atoms with Crippen molar-refractivity contribution >= 4 is 44.5 Å². The Labute approximate surface area is 134 Å². The summed E-state index contributed by atoms with van der Waals surface area (Å²) < 4.78 is 6.15. The van der Waals surface area contributed by atoms with Crippen LogP contribution in [0.1, 0.15) is 6.42 Å². The fraction of sp³-hybridized carbons (Fsp3) is 0.312. The first-order valence-electron chi connectivity index (χ1n) is 7.26. The number of hydrogen-bond donors (Lipinski definition) is 0. The van der Waals surface area contributed by atoms with Crippen molar-refractivity contribution in [1.29, 1.82) is 0 Å². The Bertz CT molecular complexity index is 841. The molecule has 2 heterocycles. The fourth-order valence-corrected chi connectivity index (χ4v) is 4.51. The molecule has 0 radical (unpaired) electrons. The number of imide groups is 1. The van der Waals surface area contributed by atoms with Crippen LogP contribution >= 0.6 is 15.9 Å². The number of allylic oxidation sites excluding steroid dienone is 2. The molecule has 4 atom stereocenters. The van der Waals surface area contributed by atoms with Crippen LogP contribution in [0.2, 0.25) is 0 Å². The highest BCUT2D eigenvalue weighted by atomic mass is 79.9. The van der Waals surface area contributed by atoms with Crippen LogP contribution < -0.4 is 4.90 Å². The van der Waals surface area contributed by atoms with Crippen molar-refractivity contribution in [1.82, 2.24) is 5.16 Å². The number of fused-ring (bicyclic) bond motifs is 6. The van der Waals surface area contributed by atoms with E-state index in [1.54, 1.807) is 6.07 Å². The Kier molecular flexibility index (Phi) is 2.33. The molecule has 4 unspecified atom stereocenters. The van der Waals surface area contributed by atoms with E-state index in [4.69, 9.17) is 4.52 Å². The van der Waals surface area contributed by atoms with Crippen molar-refractivity contribution in [3.05, 3.63) is 34.8 Å². The molecule has 22 heavy (non-hydrogen) atoms. The molecule has 1 aliphatic heterocycles. The first-order chi connectivity index (χ1) is 10.6. The number of carbonyl (C=O) groups is 2. The van der Waals surface area contributed by atoms with E-state index in [0.717, 1.165) is 10.9 Å². The highest BCUT2D eigenvalue weighted by Crippen LogP contribution is 2.53. The molecular weight excluding hydrogens is 348 g/mol. The van der Waals surface area contributed by atoms with Crippen LogP contribution in [0.15, 0.2) is 39.3 Å². The number of hydrogen-bond acceptors (Lipinski definition) is 4. The van der Waals surface area contributed by atoms with Crippen molar-refractivity contribution in [3.8, 4) is 0 Å². The summed E-state index contributed by atoms with van der Waals surface area (Å²) in [7, 11) is 0.